The van der Waals surface area contributed by atoms with E-state index in [2.05, 4.69) is 146 Å². The van der Waals surface area contributed by atoms with Gasteiger partial charge in [0.15, 0.2) is 11.6 Å². The van der Waals surface area contributed by atoms with Gasteiger partial charge in [-0.15, -0.1) is 0 Å². The summed E-state index contributed by atoms with van der Waals surface area (Å²) in [6.45, 7) is 4.33. The molecule has 6 heteroatoms. The van der Waals surface area contributed by atoms with Crippen LogP contribution >= 0.6 is 0 Å². The Kier molecular flexibility index (Phi) is 10.9. The Hall–Kier alpha value is -9.57. The molecular formula is C65H44N6. The van der Waals surface area contributed by atoms with Gasteiger partial charge in [-0.05, 0) is 95.8 Å². The number of aromatic nitrogens is 5. The van der Waals surface area contributed by atoms with Gasteiger partial charge in [-0.2, -0.15) is 5.26 Å². The van der Waals surface area contributed by atoms with Crippen molar-refractivity contribution in [1.29, 1.82) is 5.26 Å². The average Bonchev–Trinajstić information content (AvgIpc) is 3.76. The minimum atomic E-state index is 0.444. The van der Waals surface area contributed by atoms with Gasteiger partial charge in [0.05, 0.1) is 51.1 Å². The summed E-state index contributed by atoms with van der Waals surface area (Å²) < 4.78 is 2.34. The third-order valence-electron chi connectivity index (χ3n) is 13.3. The Labute approximate surface area is 412 Å². The Balaban J connectivity index is 1.24. The third kappa shape index (κ3) is 8.02. The van der Waals surface area contributed by atoms with Crippen LogP contribution in [0.2, 0.25) is 0 Å². The van der Waals surface area contributed by atoms with E-state index in [1.54, 1.807) is 0 Å². The summed E-state index contributed by atoms with van der Waals surface area (Å²) in [6, 6.07) is 81.8. The van der Waals surface area contributed by atoms with Crippen LogP contribution in [0.15, 0.2) is 231 Å². The van der Waals surface area contributed by atoms with Crippen molar-refractivity contribution in [1.82, 2.24) is 24.5 Å². The molecule has 9 aromatic carbocycles. The van der Waals surface area contributed by atoms with Crippen LogP contribution in [0.1, 0.15) is 16.7 Å². The first-order chi connectivity index (χ1) is 35.0. The number of aryl methyl sites for hydroxylation is 2. The number of fused-ring (bicyclic) bond motifs is 3. The zero-order valence-electron chi connectivity index (χ0n) is 39.1. The van der Waals surface area contributed by atoms with Crippen LogP contribution in [0.5, 0.6) is 0 Å². The van der Waals surface area contributed by atoms with E-state index in [1.165, 1.54) is 22.3 Å². The minimum absolute atomic E-state index is 0.444. The standard InChI is InChI=1S/C65H44N6/c1-42-19-15-17-29-51(42)49-31-33-61-53(37-49)54-38-50(52-30-18-16-20-43(52)2)32-34-62(54)71(61)63-55(60-40-59(47-25-11-5-12-26-47)67-64(70-60)48-27-13-6-14-28-48)35-44(41-66)36-56(63)65-68-57(45-21-7-3-8-22-45)39-58(69-65)46-23-9-4-10-24-46/h3-40H,1-2H3. The van der Waals surface area contributed by atoms with E-state index in [-0.39, 0.29) is 0 Å². The lowest BCUT2D eigenvalue weighted by atomic mass is 9.97. The maximum absolute atomic E-state index is 11.1. The summed E-state index contributed by atoms with van der Waals surface area (Å²) >= 11 is 0. The Bertz CT molecular complexity index is 3640. The molecule has 0 aliphatic rings. The van der Waals surface area contributed by atoms with Crippen LogP contribution in [0.3, 0.4) is 0 Å². The molecule has 12 aromatic rings. The monoisotopic (exact) mass is 908 g/mol. The second-order valence-corrected chi connectivity index (χ2v) is 17.8. The maximum Gasteiger partial charge on any atom is 0.162 e. The molecular weight excluding hydrogens is 865 g/mol. The highest BCUT2D eigenvalue weighted by Crippen LogP contribution is 2.45. The highest BCUT2D eigenvalue weighted by atomic mass is 15.0. The van der Waals surface area contributed by atoms with Gasteiger partial charge in [0.25, 0.3) is 0 Å². The van der Waals surface area contributed by atoms with Crippen molar-refractivity contribution in [3.8, 4) is 102 Å². The molecule has 0 saturated heterocycles. The molecule has 0 unspecified atom stereocenters. The van der Waals surface area contributed by atoms with Gasteiger partial charge in [0, 0.05) is 44.2 Å². The fourth-order valence-electron chi connectivity index (χ4n) is 9.84. The van der Waals surface area contributed by atoms with E-state index >= 15 is 0 Å². The largest absolute Gasteiger partial charge is 0.308 e. The summed E-state index contributed by atoms with van der Waals surface area (Å²) in [5.74, 6) is 1.04. The van der Waals surface area contributed by atoms with Gasteiger partial charge >= 0.3 is 0 Å². The van der Waals surface area contributed by atoms with E-state index < -0.39 is 0 Å². The van der Waals surface area contributed by atoms with E-state index in [4.69, 9.17) is 19.9 Å². The number of hydrogen-bond donors (Lipinski definition) is 0. The molecule has 71 heavy (non-hydrogen) atoms. The molecule has 3 aromatic heterocycles. The van der Waals surface area contributed by atoms with Crippen molar-refractivity contribution in [2.24, 2.45) is 0 Å². The SMILES string of the molecule is Cc1ccccc1-c1ccc2c(c1)c1cc(-c3ccccc3C)ccc1n2-c1c(-c2cc(-c3ccccc3)nc(-c3ccccc3)n2)cc(C#N)cc1-c1nc(-c2ccccc2)cc(-c2ccccc2)n1. The van der Waals surface area contributed by atoms with Crippen molar-refractivity contribution in [2.75, 3.05) is 0 Å². The zero-order chi connectivity index (χ0) is 47.8. The van der Waals surface area contributed by atoms with Crippen molar-refractivity contribution in [2.45, 2.75) is 13.8 Å². The van der Waals surface area contributed by atoms with Crippen LogP contribution in [0.4, 0.5) is 0 Å². The molecule has 0 fully saturated rings. The van der Waals surface area contributed by atoms with Crippen LogP contribution in [-0.2, 0) is 0 Å². The van der Waals surface area contributed by atoms with Crippen LogP contribution < -0.4 is 0 Å². The first-order valence-electron chi connectivity index (χ1n) is 23.8. The molecule has 6 nitrogen and oxygen atoms in total. The Morgan fingerprint density at radius 1 is 0.338 bits per heavy atom. The number of rotatable bonds is 9. The molecule has 3 heterocycles. The fraction of sp³-hybridized carbons (Fsp3) is 0.0308. The molecule has 0 radical (unpaired) electrons. The number of benzene rings is 9. The molecule has 334 valence electrons. The Morgan fingerprint density at radius 2 is 0.732 bits per heavy atom. The van der Waals surface area contributed by atoms with Gasteiger partial charge in [0.2, 0.25) is 0 Å². The molecule has 0 N–H and O–H groups in total. The van der Waals surface area contributed by atoms with Gasteiger partial charge in [0.1, 0.15) is 0 Å². The van der Waals surface area contributed by atoms with Crippen LogP contribution in [0, 0.1) is 25.2 Å². The van der Waals surface area contributed by atoms with Crippen LogP contribution in [0.25, 0.3) is 118 Å². The van der Waals surface area contributed by atoms with E-state index in [1.807, 2.05) is 109 Å². The summed E-state index contributed by atoms with van der Waals surface area (Å²) in [6.07, 6.45) is 0. The van der Waals surface area contributed by atoms with Crippen molar-refractivity contribution in [3.05, 3.63) is 247 Å². The molecule has 0 spiro atoms. The number of hydrogen-bond acceptors (Lipinski definition) is 5. The lowest BCUT2D eigenvalue weighted by Crippen LogP contribution is -2.06. The quantitative estimate of drug-likeness (QED) is 0.144. The molecule has 0 aliphatic carbocycles. The first kappa shape index (κ1) is 42.8. The smallest absolute Gasteiger partial charge is 0.162 e. The van der Waals surface area contributed by atoms with Gasteiger partial charge < -0.3 is 4.57 Å². The van der Waals surface area contributed by atoms with E-state index in [9.17, 15) is 5.26 Å². The van der Waals surface area contributed by atoms with Crippen molar-refractivity contribution < 1.29 is 0 Å². The summed E-state index contributed by atoms with van der Waals surface area (Å²) in [7, 11) is 0. The summed E-state index contributed by atoms with van der Waals surface area (Å²) in [4.78, 5) is 21.5. The minimum Gasteiger partial charge on any atom is -0.308 e. The molecule has 0 bridgehead atoms. The highest BCUT2D eigenvalue weighted by molar-refractivity contribution is 6.13. The summed E-state index contributed by atoms with van der Waals surface area (Å²) in [5, 5.41) is 13.2. The molecule has 0 atom stereocenters. The fourth-order valence-corrected chi connectivity index (χ4v) is 9.84. The predicted molar refractivity (Wildman–Crippen MR) is 290 cm³/mol. The lowest BCUT2D eigenvalue weighted by molar-refractivity contribution is 1.13. The van der Waals surface area contributed by atoms with Crippen molar-refractivity contribution >= 4 is 21.8 Å². The third-order valence-corrected chi connectivity index (χ3v) is 13.3. The first-order valence-corrected chi connectivity index (χ1v) is 23.8. The van der Waals surface area contributed by atoms with E-state index in [0.717, 1.165) is 83.5 Å². The second-order valence-electron chi connectivity index (χ2n) is 17.8. The van der Waals surface area contributed by atoms with Crippen LogP contribution in [-0.4, -0.2) is 24.5 Å². The second kappa shape index (κ2) is 18.2. The molecule has 0 saturated carbocycles. The lowest BCUT2D eigenvalue weighted by Gasteiger charge is -2.20. The zero-order valence-corrected chi connectivity index (χ0v) is 39.1. The maximum atomic E-state index is 11.1. The van der Waals surface area contributed by atoms with Gasteiger partial charge in [-0.1, -0.05) is 182 Å². The van der Waals surface area contributed by atoms with E-state index in [0.29, 0.717) is 28.5 Å². The Morgan fingerprint density at radius 3 is 1.20 bits per heavy atom. The summed E-state index contributed by atoms with van der Waals surface area (Å²) in [5.41, 5.74) is 18.3. The van der Waals surface area contributed by atoms with Gasteiger partial charge in [-0.3, -0.25) is 0 Å². The molecule has 12 rings (SSSR count). The molecule has 0 amide bonds. The topological polar surface area (TPSA) is 80.3 Å². The average molecular weight is 909 g/mol. The molecule has 0 aliphatic heterocycles. The van der Waals surface area contributed by atoms with Gasteiger partial charge in [-0.25, -0.2) is 19.9 Å². The predicted octanol–water partition coefficient (Wildman–Crippen LogP) is 16.2. The number of nitriles is 1. The normalized spacial score (nSPS) is 11.2. The number of nitrogens with zero attached hydrogens (tertiary/aromatic N) is 6. The van der Waals surface area contributed by atoms with Crippen molar-refractivity contribution in [3.63, 3.8) is 0 Å². The highest BCUT2D eigenvalue weighted by Gasteiger charge is 2.26.